The molecule has 2 atom stereocenters. The molecule has 0 unspecified atom stereocenters. The Morgan fingerprint density at radius 1 is 1.00 bits per heavy atom. The summed E-state index contributed by atoms with van der Waals surface area (Å²) >= 11 is 0. The molecule has 3 heteroatoms. The van der Waals surface area contributed by atoms with Gasteiger partial charge in [-0.3, -0.25) is 4.79 Å². The van der Waals surface area contributed by atoms with Crippen LogP contribution in [0.15, 0.2) is 42.5 Å². The number of rotatable bonds is 5. The topological polar surface area (TPSA) is 38.3 Å². The average molecular weight is 354 g/mol. The second-order valence-electron chi connectivity index (χ2n) is 8.12. The van der Waals surface area contributed by atoms with Crippen molar-refractivity contribution >= 4 is 5.91 Å². The molecule has 0 aliphatic carbocycles. The van der Waals surface area contributed by atoms with Gasteiger partial charge in [0.1, 0.15) is 5.75 Å². The quantitative estimate of drug-likeness (QED) is 0.798. The summed E-state index contributed by atoms with van der Waals surface area (Å²) in [5, 5.41) is 3.06. The van der Waals surface area contributed by atoms with E-state index >= 15 is 0 Å². The molecule has 0 aliphatic rings. The number of hydrogen-bond acceptors (Lipinski definition) is 2. The van der Waals surface area contributed by atoms with Gasteiger partial charge in [-0.25, -0.2) is 0 Å². The van der Waals surface area contributed by atoms with Crippen LogP contribution in [0.3, 0.4) is 0 Å². The van der Waals surface area contributed by atoms with Gasteiger partial charge < -0.3 is 10.1 Å². The summed E-state index contributed by atoms with van der Waals surface area (Å²) in [7, 11) is 0. The van der Waals surface area contributed by atoms with Crippen LogP contribution in [0.4, 0.5) is 0 Å². The van der Waals surface area contributed by atoms with E-state index in [0.717, 1.165) is 5.56 Å². The lowest BCUT2D eigenvalue weighted by atomic mass is 9.87. The number of amides is 1. The van der Waals surface area contributed by atoms with Gasteiger partial charge in [0.25, 0.3) is 5.91 Å². The summed E-state index contributed by atoms with van der Waals surface area (Å²) in [6, 6.07) is 14.2. The van der Waals surface area contributed by atoms with Gasteiger partial charge in [0, 0.05) is 0 Å². The fourth-order valence-electron chi connectivity index (χ4n) is 2.93. The van der Waals surface area contributed by atoms with Crippen LogP contribution in [0.2, 0.25) is 0 Å². The van der Waals surface area contributed by atoms with E-state index in [-0.39, 0.29) is 17.4 Å². The number of ether oxygens (including phenoxy) is 1. The zero-order valence-corrected chi connectivity index (χ0v) is 17.0. The molecular formula is C23H31NO2. The molecule has 1 N–H and O–H groups in total. The Kier molecular flexibility index (Phi) is 6.12. The molecule has 0 fully saturated rings. The largest absolute Gasteiger partial charge is 0.481 e. The van der Waals surface area contributed by atoms with E-state index in [0.29, 0.717) is 5.75 Å². The maximum absolute atomic E-state index is 12.5. The Hall–Kier alpha value is -2.29. The summed E-state index contributed by atoms with van der Waals surface area (Å²) in [6.07, 6.45) is -0.553. The van der Waals surface area contributed by atoms with E-state index in [1.54, 1.807) is 6.92 Å². The van der Waals surface area contributed by atoms with Crippen molar-refractivity contribution in [1.29, 1.82) is 0 Å². The maximum atomic E-state index is 12.5. The van der Waals surface area contributed by atoms with E-state index in [4.69, 9.17) is 4.74 Å². The number of nitrogens with one attached hydrogen (secondary N) is 1. The molecule has 2 aromatic rings. The fourth-order valence-corrected chi connectivity index (χ4v) is 2.93. The molecule has 0 aliphatic heterocycles. The predicted molar refractivity (Wildman–Crippen MR) is 108 cm³/mol. The van der Waals surface area contributed by atoms with Crippen LogP contribution < -0.4 is 10.1 Å². The van der Waals surface area contributed by atoms with Gasteiger partial charge in [0.2, 0.25) is 0 Å². The molecule has 0 saturated carbocycles. The molecule has 0 radical (unpaired) electrons. The molecule has 1 amide bonds. The van der Waals surface area contributed by atoms with Crippen LogP contribution in [-0.4, -0.2) is 12.0 Å². The first-order valence-corrected chi connectivity index (χ1v) is 9.22. The van der Waals surface area contributed by atoms with Gasteiger partial charge in [-0.1, -0.05) is 56.7 Å². The zero-order chi connectivity index (χ0) is 19.5. The molecule has 26 heavy (non-hydrogen) atoms. The highest BCUT2D eigenvalue weighted by Gasteiger charge is 2.19. The minimum absolute atomic E-state index is 0.0586. The maximum Gasteiger partial charge on any atom is 0.261 e. The summed E-state index contributed by atoms with van der Waals surface area (Å²) in [5.74, 6) is 0.596. The number of hydrogen-bond donors (Lipinski definition) is 1. The third-order valence-electron chi connectivity index (χ3n) is 4.66. The van der Waals surface area contributed by atoms with Gasteiger partial charge in [-0.15, -0.1) is 0 Å². The molecule has 0 spiro atoms. The number of benzene rings is 2. The molecule has 140 valence electrons. The molecule has 0 aromatic heterocycles. The minimum atomic E-state index is -0.553. The first-order chi connectivity index (χ1) is 12.1. The van der Waals surface area contributed by atoms with Crippen LogP contribution in [0, 0.1) is 13.8 Å². The van der Waals surface area contributed by atoms with Crippen LogP contribution in [0.25, 0.3) is 0 Å². The molecule has 3 nitrogen and oxygen atoms in total. The van der Waals surface area contributed by atoms with Crippen LogP contribution in [0.5, 0.6) is 5.75 Å². The van der Waals surface area contributed by atoms with Gasteiger partial charge >= 0.3 is 0 Å². The Morgan fingerprint density at radius 3 is 2.19 bits per heavy atom. The van der Waals surface area contributed by atoms with E-state index in [1.807, 2.05) is 19.1 Å². The van der Waals surface area contributed by atoms with Gasteiger partial charge in [0.05, 0.1) is 6.04 Å². The van der Waals surface area contributed by atoms with Crippen molar-refractivity contribution in [2.75, 3.05) is 0 Å². The summed E-state index contributed by atoms with van der Waals surface area (Å²) in [4.78, 5) is 12.5. The Bertz CT molecular complexity index is 757. The minimum Gasteiger partial charge on any atom is -0.481 e. The summed E-state index contributed by atoms with van der Waals surface area (Å²) < 4.78 is 5.82. The molecule has 0 bridgehead atoms. The second-order valence-corrected chi connectivity index (χ2v) is 8.12. The number of aryl methyl sites for hydroxylation is 2. The van der Waals surface area contributed by atoms with Crippen molar-refractivity contribution in [3.8, 4) is 5.75 Å². The number of carbonyl (C=O) groups is 1. The highest BCUT2D eigenvalue weighted by molar-refractivity contribution is 5.81. The summed E-state index contributed by atoms with van der Waals surface area (Å²) in [5.41, 5.74) is 4.85. The zero-order valence-electron chi connectivity index (χ0n) is 17.0. The highest BCUT2D eigenvalue weighted by atomic mass is 16.5. The van der Waals surface area contributed by atoms with E-state index in [1.165, 1.54) is 16.7 Å². The number of carbonyl (C=O) groups excluding carboxylic acids is 1. The molecule has 0 heterocycles. The lowest BCUT2D eigenvalue weighted by molar-refractivity contribution is -0.127. The standard InChI is InChI=1S/C23H31NO2/c1-15-8-9-16(2)21(14-15)17(3)24-22(25)18(4)26-20-12-10-19(11-13-20)23(5,6)7/h8-14,17-18H,1-7H3,(H,24,25)/t17-,18+/m1/s1. The Balaban J connectivity index is 2.00. The van der Waals surface area contributed by atoms with Crippen molar-refractivity contribution < 1.29 is 9.53 Å². The first-order valence-electron chi connectivity index (χ1n) is 9.22. The molecule has 2 rings (SSSR count). The van der Waals surface area contributed by atoms with E-state index < -0.39 is 6.10 Å². The Morgan fingerprint density at radius 2 is 1.62 bits per heavy atom. The predicted octanol–water partition coefficient (Wildman–Crippen LogP) is 5.25. The van der Waals surface area contributed by atoms with Crippen molar-refractivity contribution in [2.45, 2.75) is 66.0 Å². The fraction of sp³-hybridized carbons (Fsp3) is 0.435. The normalized spacial score (nSPS) is 13.8. The van der Waals surface area contributed by atoms with Crippen molar-refractivity contribution in [2.24, 2.45) is 0 Å². The first kappa shape index (κ1) is 20.0. The smallest absolute Gasteiger partial charge is 0.261 e. The molecular weight excluding hydrogens is 322 g/mol. The van der Waals surface area contributed by atoms with Crippen LogP contribution in [0.1, 0.15) is 62.9 Å². The summed E-state index contributed by atoms with van der Waals surface area (Å²) in [6.45, 7) is 14.4. The van der Waals surface area contributed by atoms with Crippen molar-refractivity contribution in [3.05, 3.63) is 64.7 Å². The van der Waals surface area contributed by atoms with Gasteiger partial charge in [0.15, 0.2) is 6.10 Å². The van der Waals surface area contributed by atoms with Crippen molar-refractivity contribution in [3.63, 3.8) is 0 Å². The SMILES string of the molecule is Cc1ccc(C)c([C@@H](C)NC(=O)[C@H](C)Oc2ccc(C(C)(C)C)cc2)c1. The monoisotopic (exact) mass is 353 g/mol. The van der Waals surface area contributed by atoms with E-state index in [2.05, 4.69) is 70.3 Å². The highest BCUT2D eigenvalue weighted by Crippen LogP contribution is 2.25. The van der Waals surface area contributed by atoms with Crippen LogP contribution >= 0.6 is 0 Å². The van der Waals surface area contributed by atoms with E-state index in [9.17, 15) is 4.79 Å². The van der Waals surface area contributed by atoms with Gasteiger partial charge in [-0.2, -0.15) is 0 Å². The van der Waals surface area contributed by atoms with Crippen molar-refractivity contribution in [1.82, 2.24) is 5.32 Å². The van der Waals surface area contributed by atoms with Crippen LogP contribution in [-0.2, 0) is 10.2 Å². The Labute approximate surface area is 157 Å². The van der Waals surface area contributed by atoms with Gasteiger partial charge in [-0.05, 0) is 61.9 Å². The lowest BCUT2D eigenvalue weighted by Gasteiger charge is -2.22. The third kappa shape index (κ3) is 5.10. The second kappa shape index (κ2) is 7.94. The molecule has 0 saturated heterocycles. The lowest BCUT2D eigenvalue weighted by Crippen LogP contribution is -2.38. The average Bonchev–Trinajstić information content (AvgIpc) is 2.56. The molecule has 2 aromatic carbocycles. The third-order valence-corrected chi connectivity index (χ3v) is 4.66.